The van der Waals surface area contributed by atoms with Crippen LogP contribution in [0.1, 0.15) is 18.1 Å². The Hall–Kier alpha value is -2.40. The van der Waals surface area contributed by atoms with E-state index in [0.29, 0.717) is 5.75 Å². The van der Waals surface area contributed by atoms with Crippen LogP contribution < -0.4 is 0 Å². The first-order chi connectivity index (χ1) is 11.6. The third-order valence-corrected chi connectivity index (χ3v) is 4.89. The van der Waals surface area contributed by atoms with Gasteiger partial charge in [0.25, 0.3) is 0 Å². The number of aromatic nitrogens is 3. The Morgan fingerprint density at radius 3 is 2.46 bits per heavy atom. The van der Waals surface area contributed by atoms with Crippen molar-refractivity contribution >= 4 is 17.5 Å². The molecule has 0 fully saturated rings. The molecule has 24 heavy (non-hydrogen) atoms. The van der Waals surface area contributed by atoms with Crippen molar-refractivity contribution in [2.45, 2.75) is 25.9 Å². The zero-order valence-electron chi connectivity index (χ0n) is 14.0. The van der Waals surface area contributed by atoms with E-state index >= 15 is 0 Å². The van der Waals surface area contributed by atoms with Gasteiger partial charge in [0.2, 0.25) is 0 Å². The van der Waals surface area contributed by atoms with Crippen LogP contribution in [-0.4, -0.2) is 26.3 Å². The number of carbonyl (C=O) groups excluding carboxylic acids is 1. The first-order valence-electron chi connectivity index (χ1n) is 7.77. The highest BCUT2D eigenvalue weighted by Crippen LogP contribution is 2.28. The number of rotatable bonds is 5. The Kier molecular flexibility index (Phi) is 4.81. The quantitative estimate of drug-likeness (QED) is 0.654. The summed E-state index contributed by atoms with van der Waals surface area (Å²) < 4.78 is 2.02. The highest BCUT2D eigenvalue weighted by molar-refractivity contribution is 7.99. The first-order valence-corrected chi connectivity index (χ1v) is 8.75. The van der Waals surface area contributed by atoms with E-state index in [4.69, 9.17) is 0 Å². The molecule has 0 aliphatic heterocycles. The third kappa shape index (κ3) is 3.41. The Labute approximate surface area is 145 Å². The van der Waals surface area contributed by atoms with Gasteiger partial charge in [-0.3, -0.25) is 9.36 Å². The smallest absolute Gasteiger partial charge is 0.196 e. The zero-order chi connectivity index (χ0) is 17.1. The summed E-state index contributed by atoms with van der Waals surface area (Å²) in [4.78, 5) is 11.4. The van der Waals surface area contributed by atoms with Gasteiger partial charge in [-0.15, -0.1) is 10.2 Å². The number of benzene rings is 2. The van der Waals surface area contributed by atoms with E-state index < -0.39 is 0 Å². The van der Waals surface area contributed by atoms with Crippen molar-refractivity contribution in [3.05, 3.63) is 59.7 Å². The van der Waals surface area contributed by atoms with Crippen LogP contribution in [0.25, 0.3) is 17.1 Å². The standard InChI is InChI=1S/C19H19N3OS/c1-13-9-10-17(11-14(13)2)22-18(16-7-5-4-6-8-16)20-21-19(22)24-12-15(3)23/h4-11H,12H2,1-3H3. The van der Waals surface area contributed by atoms with Crippen molar-refractivity contribution < 1.29 is 4.79 Å². The fraction of sp³-hybridized carbons (Fsp3) is 0.211. The molecule has 2 aromatic carbocycles. The van der Waals surface area contributed by atoms with E-state index in [0.717, 1.165) is 22.2 Å². The number of hydrogen-bond donors (Lipinski definition) is 0. The van der Waals surface area contributed by atoms with Crippen LogP contribution in [0.4, 0.5) is 0 Å². The molecule has 0 atom stereocenters. The molecule has 0 spiro atoms. The summed E-state index contributed by atoms with van der Waals surface area (Å²) in [5.74, 6) is 1.29. The average Bonchev–Trinajstić information content (AvgIpc) is 3.00. The summed E-state index contributed by atoms with van der Waals surface area (Å²) in [5.41, 5.74) is 4.46. The van der Waals surface area contributed by atoms with Crippen molar-refractivity contribution in [3.63, 3.8) is 0 Å². The monoisotopic (exact) mass is 337 g/mol. The van der Waals surface area contributed by atoms with Crippen molar-refractivity contribution in [1.82, 2.24) is 14.8 Å². The Balaban J connectivity index is 2.13. The molecule has 1 heterocycles. The molecular weight excluding hydrogens is 318 g/mol. The average molecular weight is 337 g/mol. The lowest BCUT2D eigenvalue weighted by atomic mass is 10.1. The van der Waals surface area contributed by atoms with Gasteiger partial charge in [-0.1, -0.05) is 48.2 Å². The van der Waals surface area contributed by atoms with Gasteiger partial charge in [0, 0.05) is 5.56 Å². The minimum absolute atomic E-state index is 0.121. The zero-order valence-corrected chi connectivity index (χ0v) is 14.8. The van der Waals surface area contributed by atoms with Crippen molar-refractivity contribution in [1.29, 1.82) is 0 Å². The number of Topliss-reactive ketones (excluding diaryl/α,β-unsaturated/α-hetero) is 1. The van der Waals surface area contributed by atoms with Crippen LogP contribution in [0.2, 0.25) is 0 Å². The summed E-state index contributed by atoms with van der Waals surface area (Å²) in [6, 6.07) is 16.3. The van der Waals surface area contributed by atoms with E-state index in [1.54, 1.807) is 6.92 Å². The van der Waals surface area contributed by atoms with Crippen LogP contribution >= 0.6 is 11.8 Å². The Morgan fingerprint density at radius 1 is 1.04 bits per heavy atom. The van der Waals surface area contributed by atoms with Crippen molar-refractivity contribution in [2.24, 2.45) is 0 Å². The topological polar surface area (TPSA) is 47.8 Å². The molecule has 5 heteroatoms. The lowest BCUT2D eigenvalue weighted by Gasteiger charge is -2.12. The molecule has 122 valence electrons. The normalized spacial score (nSPS) is 10.8. The second-order valence-electron chi connectivity index (χ2n) is 5.77. The van der Waals surface area contributed by atoms with E-state index in [1.807, 2.05) is 34.9 Å². The van der Waals surface area contributed by atoms with E-state index in [1.165, 1.54) is 22.9 Å². The molecule has 3 rings (SSSR count). The first kappa shape index (κ1) is 16.5. The van der Waals surface area contributed by atoms with Gasteiger partial charge in [-0.05, 0) is 44.0 Å². The predicted molar refractivity (Wildman–Crippen MR) is 97.7 cm³/mol. The summed E-state index contributed by atoms with van der Waals surface area (Å²) in [5, 5.41) is 9.42. The van der Waals surface area contributed by atoms with Crippen LogP contribution in [0.5, 0.6) is 0 Å². The second-order valence-corrected chi connectivity index (χ2v) is 6.71. The van der Waals surface area contributed by atoms with Gasteiger partial charge in [-0.2, -0.15) is 0 Å². The fourth-order valence-electron chi connectivity index (χ4n) is 2.40. The number of hydrogen-bond acceptors (Lipinski definition) is 4. The Morgan fingerprint density at radius 2 is 1.79 bits per heavy atom. The van der Waals surface area contributed by atoms with Crippen LogP contribution in [0, 0.1) is 13.8 Å². The van der Waals surface area contributed by atoms with Gasteiger partial charge in [-0.25, -0.2) is 0 Å². The van der Waals surface area contributed by atoms with Crippen LogP contribution in [0.3, 0.4) is 0 Å². The SMILES string of the molecule is CC(=O)CSc1nnc(-c2ccccc2)n1-c1ccc(C)c(C)c1. The largest absolute Gasteiger partial charge is 0.299 e. The molecule has 0 amide bonds. The molecule has 0 N–H and O–H groups in total. The molecule has 0 aliphatic carbocycles. The minimum atomic E-state index is 0.121. The van der Waals surface area contributed by atoms with Crippen LogP contribution in [-0.2, 0) is 4.79 Å². The molecule has 0 bridgehead atoms. The molecule has 0 aliphatic rings. The van der Waals surface area contributed by atoms with Gasteiger partial charge in [0.1, 0.15) is 5.78 Å². The molecule has 4 nitrogen and oxygen atoms in total. The lowest BCUT2D eigenvalue weighted by molar-refractivity contribution is -0.114. The summed E-state index contributed by atoms with van der Waals surface area (Å²) >= 11 is 1.42. The lowest BCUT2D eigenvalue weighted by Crippen LogP contribution is -2.02. The molecule has 3 aromatic rings. The number of aryl methyl sites for hydroxylation is 2. The number of nitrogens with zero attached hydrogens (tertiary/aromatic N) is 3. The number of thioether (sulfide) groups is 1. The van der Waals surface area contributed by atoms with Gasteiger partial charge < -0.3 is 0 Å². The molecule has 1 aromatic heterocycles. The predicted octanol–water partition coefficient (Wildman–Crippen LogP) is 4.23. The third-order valence-electron chi connectivity index (χ3n) is 3.82. The summed E-state index contributed by atoms with van der Waals surface area (Å²) in [6.45, 7) is 5.77. The fourth-order valence-corrected chi connectivity index (χ4v) is 3.15. The highest BCUT2D eigenvalue weighted by atomic mass is 32.2. The van der Waals surface area contributed by atoms with Crippen LogP contribution in [0.15, 0.2) is 53.7 Å². The molecule has 0 unspecified atom stereocenters. The van der Waals surface area contributed by atoms with Crippen molar-refractivity contribution in [2.75, 3.05) is 5.75 Å². The maximum atomic E-state index is 11.4. The highest BCUT2D eigenvalue weighted by Gasteiger charge is 2.16. The second kappa shape index (κ2) is 7.01. The van der Waals surface area contributed by atoms with E-state index in [9.17, 15) is 4.79 Å². The Bertz CT molecular complexity index is 872. The number of carbonyl (C=O) groups is 1. The maximum Gasteiger partial charge on any atom is 0.196 e. The molecular formula is C19H19N3OS. The molecule has 0 saturated heterocycles. The molecule has 0 radical (unpaired) electrons. The van der Waals surface area contributed by atoms with E-state index in [2.05, 4.69) is 42.2 Å². The maximum absolute atomic E-state index is 11.4. The molecule has 0 saturated carbocycles. The van der Waals surface area contributed by atoms with E-state index in [-0.39, 0.29) is 5.78 Å². The number of ketones is 1. The summed E-state index contributed by atoms with van der Waals surface area (Å²) in [6.07, 6.45) is 0. The minimum Gasteiger partial charge on any atom is -0.299 e. The summed E-state index contributed by atoms with van der Waals surface area (Å²) in [7, 11) is 0. The van der Waals surface area contributed by atoms with Gasteiger partial charge in [0.15, 0.2) is 11.0 Å². The van der Waals surface area contributed by atoms with Gasteiger partial charge >= 0.3 is 0 Å². The van der Waals surface area contributed by atoms with Crippen molar-refractivity contribution in [3.8, 4) is 17.1 Å². The van der Waals surface area contributed by atoms with Gasteiger partial charge in [0.05, 0.1) is 11.4 Å².